The Bertz CT molecular complexity index is 2270. The van der Waals surface area contributed by atoms with E-state index in [0.29, 0.717) is 46.4 Å². The van der Waals surface area contributed by atoms with Crippen LogP contribution < -0.4 is 30.9 Å². The van der Waals surface area contributed by atoms with E-state index >= 15 is 0 Å². The molecule has 4 amide bonds. The third-order valence-electron chi connectivity index (χ3n) is 11.3. The fourth-order valence-electron chi connectivity index (χ4n) is 8.26. The highest BCUT2D eigenvalue weighted by Gasteiger charge is 2.37. The fourth-order valence-corrected chi connectivity index (χ4v) is 9.56. The van der Waals surface area contributed by atoms with Crippen LogP contribution in [0.25, 0.3) is 0 Å². The molecule has 0 radical (unpaired) electrons. The van der Waals surface area contributed by atoms with Gasteiger partial charge in [0.15, 0.2) is 5.82 Å². The number of imide groups is 1. The van der Waals surface area contributed by atoms with Gasteiger partial charge >= 0.3 is 6.03 Å². The maximum absolute atomic E-state index is 13.1. The Balaban J connectivity index is 0.826. The molecular weight excluding hydrogens is 779 g/mol. The van der Waals surface area contributed by atoms with E-state index in [0.717, 1.165) is 86.5 Å². The normalized spacial score (nSPS) is 18.3. The monoisotopic (exact) mass is 826 g/mol. The second-order valence-corrected chi connectivity index (χ2v) is 19.1. The van der Waals surface area contributed by atoms with Crippen LogP contribution in [0.5, 0.6) is 5.75 Å². The number of nitrogens with one attached hydrogen (secondary N) is 3. The Kier molecular flexibility index (Phi) is 11.3. The third kappa shape index (κ3) is 8.49. The van der Waals surface area contributed by atoms with Crippen molar-refractivity contribution in [3.8, 4) is 5.75 Å². The van der Waals surface area contributed by atoms with Gasteiger partial charge in [-0.05, 0) is 67.6 Å². The summed E-state index contributed by atoms with van der Waals surface area (Å²) < 4.78 is 18.7. The van der Waals surface area contributed by atoms with E-state index in [1.807, 2.05) is 48.5 Å². The first-order valence-electron chi connectivity index (χ1n) is 19.6. The number of piperidine rings is 1. The number of carbonyl (C=O) groups is 3. The number of amides is 4. The molecule has 0 atom stereocenters. The fraction of sp³-hybridized carbons (Fsp3) is 0.390. The number of hydrazine groups is 1. The van der Waals surface area contributed by atoms with Gasteiger partial charge < -0.3 is 24.8 Å². The average molecular weight is 827 g/mol. The van der Waals surface area contributed by atoms with Crippen LogP contribution in [0.1, 0.15) is 40.7 Å². The molecule has 3 fully saturated rings. The van der Waals surface area contributed by atoms with Gasteiger partial charge in [0.1, 0.15) is 17.9 Å². The molecule has 0 aliphatic carbocycles. The van der Waals surface area contributed by atoms with Crippen molar-refractivity contribution < 1.29 is 23.7 Å². The lowest BCUT2D eigenvalue weighted by Gasteiger charge is -2.43. The molecule has 4 aliphatic heterocycles. The van der Waals surface area contributed by atoms with E-state index in [4.69, 9.17) is 16.3 Å². The van der Waals surface area contributed by atoms with Crippen molar-refractivity contribution in [2.24, 2.45) is 0 Å². The number of hydrogen-bond donors (Lipinski definition) is 3. The maximum Gasteiger partial charge on any atom is 0.342 e. The van der Waals surface area contributed by atoms with Crippen LogP contribution in [0.3, 0.4) is 0 Å². The lowest BCUT2D eigenvalue weighted by molar-refractivity contribution is -0.123. The number of hydrogen-bond acceptors (Lipinski definition) is 12. The minimum absolute atomic E-state index is 0.176. The van der Waals surface area contributed by atoms with Gasteiger partial charge in [0.25, 0.3) is 5.91 Å². The predicted octanol–water partition coefficient (Wildman–Crippen LogP) is 5.47. The van der Waals surface area contributed by atoms with Gasteiger partial charge in [0, 0.05) is 80.9 Å². The minimum atomic E-state index is -2.55. The SMILES string of the molecule is COc1cc(N2CCC(N3CCN(Cc4ccc5c(c4)CN(N4CCC(=O)NC4=O)C5=O)CC3)CC2)ccc1Nc1ncc(Cl)c(Nc2ccccc2P(C)(C)=O)n1. The molecule has 1 aromatic heterocycles. The largest absolute Gasteiger partial charge is 0.494 e. The number of ether oxygens (including phenoxy) is 1. The van der Waals surface area contributed by atoms with E-state index in [9.17, 15) is 18.9 Å². The third-order valence-corrected chi connectivity index (χ3v) is 13.2. The summed E-state index contributed by atoms with van der Waals surface area (Å²) >= 11 is 6.48. The van der Waals surface area contributed by atoms with Crippen LogP contribution in [0.4, 0.5) is 33.6 Å². The Morgan fingerprint density at radius 1 is 0.897 bits per heavy atom. The molecule has 58 heavy (non-hydrogen) atoms. The number of rotatable bonds is 11. The average Bonchev–Trinajstić information content (AvgIpc) is 3.54. The quantitative estimate of drug-likeness (QED) is 0.164. The topological polar surface area (TPSA) is 156 Å². The molecule has 304 valence electrons. The molecule has 0 bridgehead atoms. The van der Waals surface area contributed by atoms with Crippen LogP contribution in [-0.2, 0) is 22.4 Å². The van der Waals surface area contributed by atoms with E-state index < -0.39 is 13.2 Å². The number of halogens is 1. The molecule has 3 saturated heterocycles. The van der Waals surface area contributed by atoms with Crippen molar-refractivity contribution >= 4 is 70.7 Å². The highest BCUT2D eigenvalue weighted by molar-refractivity contribution is 7.70. The molecule has 8 rings (SSSR count). The number of nitrogens with zero attached hydrogens (tertiary/aromatic N) is 7. The first-order valence-corrected chi connectivity index (χ1v) is 22.6. The van der Waals surface area contributed by atoms with Gasteiger partial charge in [-0.25, -0.2) is 19.8 Å². The van der Waals surface area contributed by atoms with Crippen molar-refractivity contribution in [2.45, 2.75) is 38.4 Å². The van der Waals surface area contributed by atoms with Crippen LogP contribution in [0.15, 0.2) is 66.9 Å². The Labute approximate surface area is 343 Å². The highest BCUT2D eigenvalue weighted by Crippen LogP contribution is 2.39. The van der Waals surface area contributed by atoms with Gasteiger partial charge in [-0.3, -0.25) is 24.7 Å². The van der Waals surface area contributed by atoms with Crippen molar-refractivity contribution in [2.75, 3.05) is 81.8 Å². The maximum atomic E-state index is 13.1. The first-order chi connectivity index (χ1) is 27.9. The Hall–Kier alpha value is -5.21. The predicted molar refractivity (Wildman–Crippen MR) is 225 cm³/mol. The van der Waals surface area contributed by atoms with Crippen LogP contribution in [0, 0.1) is 0 Å². The lowest BCUT2D eigenvalue weighted by Crippen LogP contribution is -2.56. The van der Waals surface area contributed by atoms with Crippen molar-refractivity contribution in [3.63, 3.8) is 0 Å². The van der Waals surface area contributed by atoms with Crippen LogP contribution >= 0.6 is 18.7 Å². The molecule has 4 aromatic rings. The molecule has 0 unspecified atom stereocenters. The number of methoxy groups -OCH3 is 1. The second-order valence-electron chi connectivity index (χ2n) is 15.5. The summed E-state index contributed by atoms with van der Waals surface area (Å²) in [5.41, 5.74) is 5.17. The van der Waals surface area contributed by atoms with Gasteiger partial charge in [-0.1, -0.05) is 35.9 Å². The van der Waals surface area contributed by atoms with E-state index in [1.165, 1.54) is 16.2 Å². The summed E-state index contributed by atoms with van der Waals surface area (Å²) in [6.45, 7) is 10.6. The zero-order chi connectivity index (χ0) is 40.6. The zero-order valence-corrected chi connectivity index (χ0v) is 34.6. The van der Waals surface area contributed by atoms with Crippen LogP contribution in [0.2, 0.25) is 5.02 Å². The van der Waals surface area contributed by atoms with Crippen molar-refractivity contribution in [1.82, 2.24) is 35.1 Å². The lowest BCUT2D eigenvalue weighted by atomic mass is 10.0. The van der Waals surface area contributed by atoms with Gasteiger partial charge in [-0.2, -0.15) is 4.98 Å². The van der Waals surface area contributed by atoms with E-state index in [-0.39, 0.29) is 24.8 Å². The molecule has 5 heterocycles. The van der Waals surface area contributed by atoms with Gasteiger partial charge in [0.2, 0.25) is 11.9 Å². The summed E-state index contributed by atoms with van der Waals surface area (Å²) in [5.74, 6) is 0.883. The van der Waals surface area contributed by atoms with Crippen molar-refractivity contribution in [1.29, 1.82) is 0 Å². The minimum Gasteiger partial charge on any atom is -0.494 e. The Morgan fingerprint density at radius 2 is 1.67 bits per heavy atom. The standard InChI is InChI=1S/C41H48ClN10O5P/c1-57-35-23-30(9-11-33(35)45-40-43-24-32(42)38(47-40)44-34-6-4-5-7-36(34)58(2,3)56)49-15-12-29(13-16-49)50-20-18-48(19-21-50)25-27-8-10-31-28(22-27)26-52(39(31)54)51-17-14-37(53)46-41(51)55/h4-11,22-24,29H,12-21,25-26H2,1-3H3,(H,46,53,55)(H2,43,44,45,47). The molecule has 3 aromatic carbocycles. The molecule has 0 spiro atoms. The summed E-state index contributed by atoms with van der Waals surface area (Å²) in [6, 6.07) is 19.5. The first kappa shape index (κ1) is 39.6. The molecule has 15 nitrogen and oxygen atoms in total. The van der Waals surface area contributed by atoms with Gasteiger partial charge in [-0.15, -0.1) is 0 Å². The number of piperazine rings is 1. The number of para-hydroxylation sites is 1. The summed E-state index contributed by atoms with van der Waals surface area (Å²) in [6.07, 6.45) is 3.85. The number of aromatic nitrogens is 2. The zero-order valence-electron chi connectivity index (χ0n) is 32.9. The molecule has 3 N–H and O–H groups in total. The number of benzene rings is 3. The van der Waals surface area contributed by atoms with Crippen molar-refractivity contribution in [3.05, 3.63) is 88.6 Å². The number of carbonyl (C=O) groups excluding carboxylic acids is 3. The molecular formula is C41H48ClN10O5P. The summed E-state index contributed by atoms with van der Waals surface area (Å²) in [5, 5.41) is 12.7. The summed E-state index contributed by atoms with van der Waals surface area (Å²) in [7, 11) is -0.898. The molecule has 0 saturated carbocycles. The number of urea groups is 1. The summed E-state index contributed by atoms with van der Waals surface area (Å²) in [4.78, 5) is 53.6. The molecule has 4 aliphatic rings. The number of fused-ring (bicyclic) bond motifs is 1. The van der Waals surface area contributed by atoms with Gasteiger partial charge in [0.05, 0.1) is 37.8 Å². The van der Waals surface area contributed by atoms with Crippen LogP contribution in [-0.4, -0.2) is 120 Å². The second kappa shape index (κ2) is 16.6. The Morgan fingerprint density at radius 3 is 2.41 bits per heavy atom. The molecule has 17 heteroatoms. The van der Waals surface area contributed by atoms with E-state index in [2.05, 4.69) is 52.8 Å². The van der Waals surface area contributed by atoms with E-state index in [1.54, 1.807) is 20.4 Å². The smallest absolute Gasteiger partial charge is 0.342 e. The number of anilines is 5. The highest BCUT2D eigenvalue weighted by atomic mass is 35.5.